The molecule has 0 unspecified atom stereocenters. The zero-order chi connectivity index (χ0) is 23.2. The minimum absolute atomic E-state index is 0.0933. The molecule has 0 radical (unpaired) electrons. The van der Waals surface area contributed by atoms with E-state index in [1.807, 2.05) is 35.7 Å². The van der Waals surface area contributed by atoms with Crippen molar-refractivity contribution in [1.29, 1.82) is 0 Å². The monoisotopic (exact) mass is 467 g/mol. The first-order valence-electron chi connectivity index (χ1n) is 11.9. The predicted molar refractivity (Wildman–Crippen MR) is 136 cm³/mol. The normalized spacial score (nSPS) is 16.5. The van der Waals surface area contributed by atoms with Crippen molar-refractivity contribution in [2.45, 2.75) is 33.1 Å². The third kappa shape index (κ3) is 5.45. The van der Waals surface area contributed by atoms with E-state index in [4.69, 9.17) is 4.98 Å². The largest absolute Gasteiger partial charge is 0.356 e. The van der Waals surface area contributed by atoms with Crippen LogP contribution in [0.25, 0.3) is 21.3 Å². The maximum Gasteiger partial charge on any atom is 0.270 e. The summed E-state index contributed by atoms with van der Waals surface area (Å²) < 4.78 is 0.636. The fourth-order valence-corrected chi connectivity index (χ4v) is 5.38. The fraction of sp³-hybridized carbons (Fsp3) is 0.480. The predicted octanol–water partition coefficient (Wildman–Crippen LogP) is 3.72. The van der Waals surface area contributed by atoms with Crippen LogP contribution < -0.4 is 15.8 Å². The average molecular weight is 468 g/mol. The van der Waals surface area contributed by atoms with Crippen LogP contribution in [0.1, 0.15) is 33.1 Å². The summed E-state index contributed by atoms with van der Waals surface area (Å²) in [5, 5.41) is 5.11. The van der Waals surface area contributed by atoms with Crippen LogP contribution in [0, 0.1) is 5.92 Å². The third-order valence-electron chi connectivity index (χ3n) is 6.44. The van der Waals surface area contributed by atoms with E-state index >= 15 is 0 Å². The Kier molecular flexibility index (Phi) is 7.77. The van der Waals surface area contributed by atoms with Gasteiger partial charge in [-0.15, -0.1) is 11.3 Å². The lowest BCUT2D eigenvalue weighted by Crippen LogP contribution is -2.44. The second kappa shape index (κ2) is 10.9. The Bertz CT molecular complexity index is 1120. The van der Waals surface area contributed by atoms with Gasteiger partial charge >= 0.3 is 0 Å². The van der Waals surface area contributed by atoms with Gasteiger partial charge in [-0.1, -0.05) is 44.2 Å². The van der Waals surface area contributed by atoms with Crippen molar-refractivity contribution in [3.05, 3.63) is 46.1 Å². The maximum absolute atomic E-state index is 12.8. The minimum atomic E-state index is -0.120. The Morgan fingerprint density at radius 3 is 2.82 bits per heavy atom. The van der Waals surface area contributed by atoms with E-state index in [2.05, 4.69) is 33.9 Å². The molecule has 0 spiro atoms. The zero-order valence-electron chi connectivity index (χ0n) is 19.5. The molecule has 7 nitrogen and oxygen atoms in total. The molecule has 2 aromatic heterocycles. The summed E-state index contributed by atoms with van der Waals surface area (Å²) in [5.74, 6) is 0.564. The number of nitrogens with zero attached hydrogens (tertiary/aromatic N) is 3. The number of thiophene rings is 1. The van der Waals surface area contributed by atoms with Crippen LogP contribution in [0.5, 0.6) is 0 Å². The minimum Gasteiger partial charge on any atom is -0.356 e. The van der Waals surface area contributed by atoms with Gasteiger partial charge in [0.15, 0.2) is 0 Å². The van der Waals surface area contributed by atoms with Crippen molar-refractivity contribution in [2.75, 3.05) is 44.2 Å². The molecule has 33 heavy (non-hydrogen) atoms. The molecule has 0 bridgehead atoms. The van der Waals surface area contributed by atoms with E-state index in [1.54, 1.807) is 0 Å². The lowest BCUT2D eigenvalue weighted by atomic mass is 9.97. The molecule has 176 valence electrons. The number of aromatic nitrogens is 2. The number of rotatable bonds is 9. The number of piperidine rings is 1. The number of benzene rings is 1. The van der Waals surface area contributed by atoms with E-state index in [0.29, 0.717) is 23.7 Å². The van der Waals surface area contributed by atoms with Gasteiger partial charge in [-0.2, -0.15) is 0 Å². The quantitative estimate of drug-likeness (QED) is 0.469. The molecule has 3 heterocycles. The zero-order valence-corrected chi connectivity index (χ0v) is 20.3. The first kappa shape index (κ1) is 23.4. The van der Waals surface area contributed by atoms with Crippen molar-refractivity contribution >= 4 is 33.4 Å². The van der Waals surface area contributed by atoms with E-state index in [9.17, 15) is 9.59 Å². The number of anilines is 1. The summed E-state index contributed by atoms with van der Waals surface area (Å²) in [6, 6.07) is 10.0. The molecule has 3 aromatic rings. The molecular weight excluding hydrogens is 434 g/mol. The Morgan fingerprint density at radius 1 is 1.27 bits per heavy atom. The van der Waals surface area contributed by atoms with Gasteiger partial charge in [0.2, 0.25) is 11.9 Å². The Labute approximate surface area is 198 Å². The van der Waals surface area contributed by atoms with Crippen LogP contribution in [0.4, 0.5) is 5.95 Å². The van der Waals surface area contributed by atoms with Gasteiger partial charge in [-0.3, -0.25) is 14.6 Å². The van der Waals surface area contributed by atoms with Gasteiger partial charge < -0.3 is 15.1 Å². The average Bonchev–Trinajstić information content (AvgIpc) is 3.29. The molecule has 0 saturated carbocycles. The summed E-state index contributed by atoms with van der Waals surface area (Å²) >= 11 is 1.42. The molecular formula is C25H33N5O2S. The van der Waals surface area contributed by atoms with Gasteiger partial charge in [-0.25, -0.2) is 4.98 Å². The summed E-state index contributed by atoms with van der Waals surface area (Å²) in [6.07, 6.45) is 2.71. The van der Waals surface area contributed by atoms with Gasteiger partial charge in [-0.05, 0) is 44.5 Å². The fourth-order valence-electron chi connectivity index (χ4n) is 4.47. The molecule has 0 aliphatic carbocycles. The molecule has 8 heteroatoms. The SMILES string of the molecule is CCN(CC)CCCNC(=O)[C@H]1CCCN(c2nc3c(-c4ccccc4)csc3c(=O)[nH]2)C1. The molecule has 1 fully saturated rings. The highest BCUT2D eigenvalue weighted by Gasteiger charge is 2.27. The smallest absolute Gasteiger partial charge is 0.270 e. The number of amides is 1. The van der Waals surface area contributed by atoms with Crippen LogP contribution in [0.15, 0.2) is 40.5 Å². The van der Waals surface area contributed by atoms with Gasteiger partial charge in [0.1, 0.15) is 4.70 Å². The highest BCUT2D eigenvalue weighted by Crippen LogP contribution is 2.32. The van der Waals surface area contributed by atoms with Gasteiger partial charge in [0, 0.05) is 30.6 Å². The van der Waals surface area contributed by atoms with Crippen molar-refractivity contribution in [1.82, 2.24) is 20.2 Å². The van der Waals surface area contributed by atoms with E-state index < -0.39 is 0 Å². The summed E-state index contributed by atoms with van der Waals surface area (Å²) in [5.41, 5.74) is 2.63. The lowest BCUT2D eigenvalue weighted by Gasteiger charge is -2.32. The first-order chi connectivity index (χ1) is 16.1. The topological polar surface area (TPSA) is 81.3 Å². The van der Waals surface area contributed by atoms with Crippen LogP contribution in [0.3, 0.4) is 0 Å². The van der Waals surface area contributed by atoms with Crippen molar-refractivity contribution < 1.29 is 4.79 Å². The van der Waals surface area contributed by atoms with E-state index in [0.717, 1.165) is 62.1 Å². The van der Waals surface area contributed by atoms with Crippen LogP contribution >= 0.6 is 11.3 Å². The molecule has 2 N–H and O–H groups in total. The van der Waals surface area contributed by atoms with Gasteiger partial charge in [0.25, 0.3) is 5.56 Å². The highest BCUT2D eigenvalue weighted by atomic mass is 32.1. The Hall–Kier alpha value is -2.71. The standard InChI is InChI=1S/C25H33N5O2S/c1-3-29(4-2)14-9-13-26-23(31)19-12-8-15-30(16-19)25-27-21-20(18-10-6-5-7-11-18)17-33-22(21)24(32)28-25/h5-7,10-11,17,19H,3-4,8-9,12-16H2,1-2H3,(H,26,31)(H,27,28,32)/t19-/m0/s1. The number of aromatic amines is 1. The molecule has 1 aromatic carbocycles. The maximum atomic E-state index is 12.8. The van der Waals surface area contributed by atoms with E-state index in [-0.39, 0.29) is 17.4 Å². The van der Waals surface area contributed by atoms with Crippen molar-refractivity contribution in [3.8, 4) is 11.1 Å². The summed E-state index contributed by atoms with van der Waals surface area (Å²) in [6.45, 7) is 9.44. The number of H-pyrrole nitrogens is 1. The number of nitrogens with one attached hydrogen (secondary N) is 2. The Morgan fingerprint density at radius 2 is 2.06 bits per heavy atom. The molecule has 4 rings (SSSR count). The van der Waals surface area contributed by atoms with E-state index in [1.165, 1.54) is 11.3 Å². The van der Waals surface area contributed by atoms with Crippen LogP contribution in [-0.2, 0) is 4.79 Å². The molecule has 1 amide bonds. The van der Waals surface area contributed by atoms with Crippen molar-refractivity contribution in [3.63, 3.8) is 0 Å². The second-order valence-electron chi connectivity index (χ2n) is 8.54. The lowest BCUT2D eigenvalue weighted by molar-refractivity contribution is -0.125. The van der Waals surface area contributed by atoms with Gasteiger partial charge in [0.05, 0.1) is 11.4 Å². The number of carbonyl (C=O) groups is 1. The molecule has 1 saturated heterocycles. The van der Waals surface area contributed by atoms with Crippen LogP contribution in [0.2, 0.25) is 0 Å². The number of hydrogen-bond acceptors (Lipinski definition) is 6. The molecule has 1 aliphatic rings. The van der Waals surface area contributed by atoms with Crippen molar-refractivity contribution in [2.24, 2.45) is 5.92 Å². The summed E-state index contributed by atoms with van der Waals surface area (Å²) in [4.78, 5) is 37.8. The molecule has 1 aliphatic heterocycles. The Balaban J connectivity index is 1.45. The summed E-state index contributed by atoms with van der Waals surface area (Å²) in [7, 11) is 0. The molecule has 1 atom stereocenters. The third-order valence-corrected chi connectivity index (χ3v) is 7.40. The van der Waals surface area contributed by atoms with Crippen LogP contribution in [-0.4, -0.2) is 60.0 Å². The first-order valence-corrected chi connectivity index (χ1v) is 12.8. The number of fused-ring (bicyclic) bond motifs is 1. The highest BCUT2D eigenvalue weighted by molar-refractivity contribution is 7.17. The second-order valence-corrected chi connectivity index (χ2v) is 9.42. The number of hydrogen-bond donors (Lipinski definition) is 2. The number of carbonyl (C=O) groups excluding carboxylic acids is 1.